The van der Waals surface area contributed by atoms with E-state index in [9.17, 15) is 22.4 Å². The lowest BCUT2D eigenvalue weighted by molar-refractivity contribution is -0.136. The van der Waals surface area contributed by atoms with E-state index in [2.05, 4.69) is 0 Å². The topological polar surface area (TPSA) is 37.3 Å². The second kappa shape index (κ2) is 5.65. The van der Waals surface area contributed by atoms with Crippen molar-refractivity contribution in [1.82, 2.24) is 0 Å². The van der Waals surface area contributed by atoms with Crippen molar-refractivity contribution in [2.45, 2.75) is 25.7 Å². The van der Waals surface area contributed by atoms with Crippen LogP contribution in [-0.4, -0.2) is 11.1 Å². The summed E-state index contributed by atoms with van der Waals surface area (Å²) in [5.41, 5.74) is -1.13. The maximum atomic E-state index is 12.5. The Balaban J connectivity index is 2.97. The Hall–Kier alpha value is -1.59. The van der Waals surface area contributed by atoms with E-state index in [1.165, 1.54) is 6.07 Å². The largest absolute Gasteiger partial charge is 0.481 e. The van der Waals surface area contributed by atoms with Crippen molar-refractivity contribution in [3.63, 3.8) is 0 Å². The van der Waals surface area contributed by atoms with Gasteiger partial charge in [0, 0.05) is 17.5 Å². The zero-order chi connectivity index (χ0) is 13.0. The highest BCUT2D eigenvalue weighted by Gasteiger charge is 2.19. The monoisotopic (exact) mass is 250 g/mol. The molecule has 1 aromatic carbocycles. The Labute approximate surface area is 94.9 Å². The minimum absolute atomic E-state index is 0.0402. The molecule has 0 spiro atoms. The first-order valence-corrected chi connectivity index (χ1v) is 4.82. The van der Waals surface area contributed by atoms with Gasteiger partial charge in [-0.05, 0) is 18.1 Å². The predicted molar refractivity (Wildman–Crippen MR) is 52.3 cm³/mol. The van der Waals surface area contributed by atoms with Crippen molar-refractivity contribution in [2.24, 2.45) is 0 Å². The molecule has 0 bridgehead atoms. The smallest absolute Gasteiger partial charge is 0.303 e. The number of halogens is 4. The van der Waals surface area contributed by atoms with Crippen LogP contribution in [0.2, 0.25) is 0 Å². The van der Waals surface area contributed by atoms with Gasteiger partial charge in [-0.25, -0.2) is 17.6 Å². The molecule has 0 aliphatic rings. The van der Waals surface area contributed by atoms with Crippen LogP contribution in [0.5, 0.6) is 0 Å². The summed E-state index contributed by atoms with van der Waals surface area (Å²) >= 11 is 0. The number of hydrogen-bond donors (Lipinski definition) is 1. The molecular weight excluding hydrogens is 240 g/mol. The molecular formula is C11H10F4O2. The molecule has 1 rings (SSSR count). The van der Waals surface area contributed by atoms with Crippen LogP contribution in [0, 0.1) is 0 Å². The minimum atomic E-state index is -3.00. The van der Waals surface area contributed by atoms with Gasteiger partial charge in [-0.1, -0.05) is 12.1 Å². The number of aliphatic carboxylic acids is 1. The molecule has 1 aromatic rings. The molecule has 94 valence electrons. The predicted octanol–water partition coefficient (Wildman–Crippen LogP) is 3.58. The summed E-state index contributed by atoms with van der Waals surface area (Å²) in [6.45, 7) is 0. The summed E-state index contributed by atoms with van der Waals surface area (Å²) in [7, 11) is 0. The van der Waals surface area contributed by atoms with Crippen LogP contribution in [0.4, 0.5) is 17.6 Å². The summed E-state index contributed by atoms with van der Waals surface area (Å²) in [6, 6.07) is 3.11. The molecule has 2 nitrogen and oxygen atoms in total. The van der Waals surface area contributed by atoms with E-state index in [-0.39, 0.29) is 12.8 Å². The van der Waals surface area contributed by atoms with Crippen LogP contribution >= 0.6 is 0 Å². The van der Waals surface area contributed by atoms with Gasteiger partial charge >= 0.3 is 5.97 Å². The molecule has 0 saturated heterocycles. The first kappa shape index (κ1) is 13.5. The highest BCUT2D eigenvalue weighted by Crippen LogP contribution is 2.31. The minimum Gasteiger partial charge on any atom is -0.481 e. The number of carbonyl (C=O) groups is 1. The fourth-order valence-corrected chi connectivity index (χ4v) is 1.42. The molecule has 0 unspecified atom stereocenters. The molecule has 0 aliphatic heterocycles. The van der Waals surface area contributed by atoms with Crippen molar-refractivity contribution >= 4 is 5.97 Å². The molecule has 1 N–H and O–H groups in total. The van der Waals surface area contributed by atoms with E-state index < -0.39 is 29.9 Å². The van der Waals surface area contributed by atoms with E-state index in [0.29, 0.717) is 5.56 Å². The third kappa shape index (κ3) is 3.72. The molecule has 17 heavy (non-hydrogen) atoms. The maximum absolute atomic E-state index is 12.5. The van der Waals surface area contributed by atoms with Crippen molar-refractivity contribution in [2.75, 3.05) is 0 Å². The van der Waals surface area contributed by atoms with Gasteiger partial charge in [0.2, 0.25) is 0 Å². The second-order valence-electron chi connectivity index (χ2n) is 3.46. The van der Waals surface area contributed by atoms with Gasteiger partial charge in [0.25, 0.3) is 12.9 Å². The van der Waals surface area contributed by atoms with Crippen molar-refractivity contribution in [3.8, 4) is 0 Å². The number of aryl methyl sites for hydroxylation is 1. The Morgan fingerprint density at radius 1 is 1.12 bits per heavy atom. The Morgan fingerprint density at radius 3 is 2.18 bits per heavy atom. The van der Waals surface area contributed by atoms with Crippen LogP contribution in [0.3, 0.4) is 0 Å². The normalized spacial score (nSPS) is 11.2. The first-order valence-electron chi connectivity index (χ1n) is 4.82. The maximum Gasteiger partial charge on any atom is 0.303 e. The van der Waals surface area contributed by atoms with Crippen LogP contribution in [0.1, 0.15) is 36.0 Å². The van der Waals surface area contributed by atoms with Crippen LogP contribution in [-0.2, 0) is 11.2 Å². The van der Waals surface area contributed by atoms with E-state index in [0.717, 1.165) is 12.1 Å². The van der Waals surface area contributed by atoms with Gasteiger partial charge in [0.05, 0.1) is 0 Å². The number of benzene rings is 1. The summed E-state index contributed by atoms with van der Waals surface area (Å²) in [6.07, 6.45) is -6.15. The lowest BCUT2D eigenvalue weighted by Gasteiger charge is -2.10. The van der Waals surface area contributed by atoms with Gasteiger partial charge in [-0.2, -0.15) is 0 Å². The summed E-state index contributed by atoms with van der Waals surface area (Å²) in [5.74, 6) is -1.07. The summed E-state index contributed by atoms with van der Waals surface area (Å²) in [4.78, 5) is 10.3. The number of hydrogen-bond acceptors (Lipinski definition) is 1. The van der Waals surface area contributed by atoms with Gasteiger partial charge in [-0.3, -0.25) is 4.79 Å². The van der Waals surface area contributed by atoms with E-state index in [1.807, 2.05) is 0 Å². The first-order chi connectivity index (χ1) is 7.91. The summed E-state index contributed by atoms with van der Waals surface area (Å²) in [5, 5.41) is 8.43. The Bertz CT molecular complexity index is 404. The average Bonchev–Trinajstić information content (AvgIpc) is 2.25. The third-order valence-corrected chi connectivity index (χ3v) is 2.25. The van der Waals surface area contributed by atoms with Gasteiger partial charge in [0.1, 0.15) is 0 Å². The molecule has 0 fully saturated rings. The SMILES string of the molecule is O=C(O)CCc1ccc(C(F)F)c(C(F)F)c1. The fourth-order valence-electron chi connectivity index (χ4n) is 1.42. The number of carboxylic acid groups (broad SMARTS) is 1. The molecule has 0 aromatic heterocycles. The number of alkyl halides is 4. The molecule has 0 radical (unpaired) electrons. The zero-order valence-corrected chi connectivity index (χ0v) is 8.67. The Morgan fingerprint density at radius 2 is 1.71 bits per heavy atom. The molecule has 0 heterocycles. The van der Waals surface area contributed by atoms with Gasteiger partial charge in [0.15, 0.2) is 0 Å². The summed E-state index contributed by atoms with van der Waals surface area (Å²) < 4.78 is 49.8. The van der Waals surface area contributed by atoms with Crippen molar-refractivity contribution in [1.29, 1.82) is 0 Å². The van der Waals surface area contributed by atoms with E-state index >= 15 is 0 Å². The molecule has 0 atom stereocenters. The average molecular weight is 250 g/mol. The Kier molecular flexibility index (Phi) is 4.48. The van der Waals surface area contributed by atoms with Gasteiger partial charge in [-0.15, -0.1) is 0 Å². The molecule has 0 saturated carbocycles. The van der Waals surface area contributed by atoms with Crippen LogP contribution in [0.25, 0.3) is 0 Å². The molecule has 0 aliphatic carbocycles. The number of carboxylic acids is 1. The van der Waals surface area contributed by atoms with Crippen molar-refractivity contribution in [3.05, 3.63) is 34.9 Å². The zero-order valence-electron chi connectivity index (χ0n) is 8.67. The molecule has 0 amide bonds. The fraction of sp³-hybridized carbons (Fsp3) is 0.364. The van der Waals surface area contributed by atoms with Crippen LogP contribution in [0.15, 0.2) is 18.2 Å². The molecule has 6 heteroatoms. The number of rotatable bonds is 5. The second-order valence-corrected chi connectivity index (χ2v) is 3.46. The van der Waals surface area contributed by atoms with E-state index in [1.54, 1.807) is 0 Å². The highest BCUT2D eigenvalue weighted by molar-refractivity contribution is 5.67. The lowest BCUT2D eigenvalue weighted by Crippen LogP contribution is -2.01. The van der Waals surface area contributed by atoms with Crippen molar-refractivity contribution < 1.29 is 27.5 Å². The highest BCUT2D eigenvalue weighted by atomic mass is 19.3. The lowest BCUT2D eigenvalue weighted by atomic mass is 10.0. The van der Waals surface area contributed by atoms with Gasteiger partial charge < -0.3 is 5.11 Å². The standard InChI is InChI=1S/C11H10F4O2/c12-10(13)7-3-1-6(2-4-9(16)17)5-8(7)11(14)15/h1,3,5,10-11H,2,4H2,(H,16,17). The third-order valence-electron chi connectivity index (χ3n) is 2.25. The van der Waals surface area contributed by atoms with E-state index in [4.69, 9.17) is 5.11 Å². The van der Waals surface area contributed by atoms with Crippen LogP contribution < -0.4 is 0 Å². The quantitative estimate of drug-likeness (QED) is 0.811.